The van der Waals surface area contributed by atoms with Crippen LogP contribution in [-0.4, -0.2) is 15.0 Å². The van der Waals surface area contributed by atoms with E-state index in [-0.39, 0.29) is 0 Å². The van der Waals surface area contributed by atoms with Crippen molar-refractivity contribution in [3.8, 4) is 11.5 Å². The van der Waals surface area contributed by atoms with E-state index in [4.69, 9.17) is 11.6 Å². The van der Waals surface area contributed by atoms with Gasteiger partial charge in [-0.05, 0) is 24.4 Å². The lowest BCUT2D eigenvalue weighted by Crippen LogP contribution is -1.95. The highest BCUT2D eigenvalue weighted by molar-refractivity contribution is 6.29. The zero-order chi connectivity index (χ0) is 12.5. The average molecular weight is 256 g/mol. The van der Waals surface area contributed by atoms with Crippen LogP contribution in [0.1, 0.15) is 5.69 Å². The van der Waals surface area contributed by atoms with Crippen LogP contribution in [0.25, 0.3) is 22.3 Å². The molecule has 0 aliphatic carbocycles. The van der Waals surface area contributed by atoms with Gasteiger partial charge in [0.1, 0.15) is 10.8 Å². The molecule has 3 rings (SSSR count). The highest BCUT2D eigenvalue weighted by Crippen LogP contribution is 2.24. The van der Waals surface area contributed by atoms with Crippen LogP contribution in [0.5, 0.6) is 0 Å². The summed E-state index contributed by atoms with van der Waals surface area (Å²) in [5, 5.41) is 2.58. The van der Waals surface area contributed by atoms with Crippen LogP contribution in [0, 0.1) is 6.92 Å². The molecule has 0 aliphatic rings. The fraction of sp³-hybridized carbons (Fsp3) is 0.0714. The van der Waals surface area contributed by atoms with E-state index in [9.17, 15) is 0 Å². The largest absolute Gasteiger partial charge is 0.252 e. The second-order valence-corrected chi connectivity index (χ2v) is 4.42. The molecule has 3 nitrogen and oxygen atoms in total. The Hall–Kier alpha value is -2.00. The molecular formula is C14H10ClN3. The van der Waals surface area contributed by atoms with Gasteiger partial charge in [0.15, 0.2) is 5.82 Å². The van der Waals surface area contributed by atoms with Gasteiger partial charge in [-0.3, -0.25) is 4.98 Å². The maximum absolute atomic E-state index is 5.97. The zero-order valence-corrected chi connectivity index (χ0v) is 10.5. The van der Waals surface area contributed by atoms with Crippen molar-refractivity contribution >= 4 is 22.4 Å². The Kier molecular flexibility index (Phi) is 2.68. The summed E-state index contributed by atoms with van der Waals surface area (Å²) in [5.74, 6) is 0.566. The van der Waals surface area contributed by atoms with Crippen LogP contribution in [0.2, 0.25) is 5.15 Å². The first-order valence-corrected chi connectivity index (χ1v) is 5.97. The topological polar surface area (TPSA) is 38.7 Å². The quantitative estimate of drug-likeness (QED) is 0.623. The SMILES string of the molecule is Cc1cc(Cl)nc(-c2nccc3ccccc23)n1. The Labute approximate surface area is 109 Å². The van der Waals surface area contributed by atoms with Gasteiger partial charge >= 0.3 is 0 Å². The molecule has 0 N–H and O–H groups in total. The maximum atomic E-state index is 5.97. The minimum absolute atomic E-state index is 0.437. The van der Waals surface area contributed by atoms with E-state index in [2.05, 4.69) is 15.0 Å². The number of aryl methyl sites for hydroxylation is 1. The number of rotatable bonds is 1. The Bertz CT molecular complexity index is 700. The van der Waals surface area contributed by atoms with Crippen LogP contribution < -0.4 is 0 Å². The highest BCUT2D eigenvalue weighted by Gasteiger charge is 2.09. The van der Waals surface area contributed by atoms with Crippen LogP contribution in [0.15, 0.2) is 42.6 Å². The summed E-state index contributed by atoms with van der Waals surface area (Å²) in [6, 6.07) is 11.7. The first-order chi connectivity index (χ1) is 8.74. The molecule has 88 valence electrons. The summed E-state index contributed by atoms with van der Waals surface area (Å²) in [7, 11) is 0. The smallest absolute Gasteiger partial charge is 0.180 e. The monoisotopic (exact) mass is 255 g/mol. The minimum Gasteiger partial charge on any atom is -0.252 e. The Morgan fingerprint density at radius 3 is 2.72 bits per heavy atom. The van der Waals surface area contributed by atoms with E-state index in [0.717, 1.165) is 22.2 Å². The fourth-order valence-electron chi connectivity index (χ4n) is 1.93. The standard InChI is InChI=1S/C14H10ClN3/c1-9-8-12(15)18-14(17-9)13-11-5-3-2-4-10(11)6-7-16-13/h2-8H,1H3. The normalized spacial score (nSPS) is 10.8. The second-order valence-electron chi connectivity index (χ2n) is 4.04. The van der Waals surface area contributed by atoms with E-state index in [1.807, 2.05) is 37.3 Å². The van der Waals surface area contributed by atoms with E-state index in [0.29, 0.717) is 11.0 Å². The molecule has 0 bridgehead atoms. The lowest BCUT2D eigenvalue weighted by Gasteiger charge is -2.05. The lowest BCUT2D eigenvalue weighted by atomic mass is 10.1. The minimum atomic E-state index is 0.437. The van der Waals surface area contributed by atoms with Crippen LogP contribution in [-0.2, 0) is 0 Å². The predicted molar refractivity (Wildman–Crippen MR) is 72.5 cm³/mol. The molecule has 18 heavy (non-hydrogen) atoms. The Morgan fingerprint density at radius 1 is 1.06 bits per heavy atom. The van der Waals surface area contributed by atoms with Crippen molar-refractivity contribution in [2.45, 2.75) is 6.92 Å². The van der Waals surface area contributed by atoms with E-state index in [1.54, 1.807) is 12.3 Å². The number of nitrogens with zero attached hydrogens (tertiary/aromatic N) is 3. The van der Waals surface area contributed by atoms with Gasteiger partial charge in [-0.2, -0.15) is 0 Å². The predicted octanol–water partition coefficient (Wildman–Crippen LogP) is 3.65. The van der Waals surface area contributed by atoms with E-state index >= 15 is 0 Å². The average Bonchev–Trinajstić information content (AvgIpc) is 2.37. The van der Waals surface area contributed by atoms with Gasteiger partial charge in [-0.1, -0.05) is 35.9 Å². The van der Waals surface area contributed by atoms with Gasteiger partial charge in [-0.25, -0.2) is 9.97 Å². The van der Waals surface area contributed by atoms with Crippen molar-refractivity contribution in [1.29, 1.82) is 0 Å². The molecule has 4 heteroatoms. The zero-order valence-electron chi connectivity index (χ0n) is 9.76. The molecule has 0 aliphatic heterocycles. The first kappa shape index (κ1) is 11.1. The molecule has 0 saturated carbocycles. The van der Waals surface area contributed by atoms with E-state index < -0.39 is 0 Å². The van der Waals surface area contributed by atoms with Crippen molar-refractivity contribution in [2.24, 2.45) is 0 Å². The number of pyridine rings is 1. The molecule has 0 amide bonds. The molecule has 0 saturated heterocycles. The molecule has 1 aromatic carbocycles. The highest BCUT2D eigenvalue weighted by atomic mass is 35.5. The number of benzene rings is 1. The molecule has 0 radical (unpaired) electrons. The van der Waals surface area contributed by atoms with Gasteiger partial charge < -0.3 is 0 Å². The summed E-state index contributed by atoms with van der Waals surface area (Å²) in [4.78, 5) is 13.0. The van der Waals surface area contributed by atoms with Crippen molar-refractivity contribution in [3.05, 3.63) is 53.4 Å². The second kappa shape index (κ2) is 4.35. The third-order valence-electron chi connectivity index (χ3n) is 2.71. The van der Waals surface area contributed by atoms with Crippen LogP contribution >= 0.6 is 11.6 Å². The molecule has 2 aromatic heterocycles. The number of fused-ring (bicyclic) bond motifs is 1. The van der Waals surface area contributed by atoms with Crippen molar-refractivity contribution in [3.63, 3.8) is 0 Å². The number of hydrogen-bond donors (Lipinski definition) is 0. The van der Waals surface area contributed by atoms with Gasteiger partial charge in [-0.15, -0.1) is 0 Å². The van der Waals surface area contributed by atoms with Gasteiger partial charge in [0, 0.05) is 17.3 Å². The molecule has 3 aromatic rings. The van der Waals surface area contributed by atoms with Crippen molar-refractivity contribution < 1.29 is 0 Å². The first-order valence-electron chi connectivity index (χ1n) is 5.59. The fourth-order valence-corrected chi connectivity index (χ4v) is 2.17. The van der Waals surface area contributed by atoms with Crippen molar-refractivity contribution in [1.82, 2.24) is 15.0 Å². The summed E-state index contributed by atoms with van der Waals surface area (Å²) in [6.07, 6.45) is 1.76. The third-order valence-corrected chi connectivity index (χ3v) is 2.90. The van der Waals surface area contributed by atoms with Gasteiger partial charge in [0.25, 0.3) is 0 Å². The van der Waals surface area contributed by atoms with E-state index in [1.165, 1.54) is 0 Å². The number of aromatic nitrogens is 3. The molecule has 0 fully saturated rings. The van der Waals surface area contributed by atoms with Gasteiger partial charge in [0.2, 0.25) is 0 Å². The molecular weight excluding hydrogens is 246 g/mol. The van der Waals surface area contributed by atoms with Crippen molar-refractivity contribution in [2.75, 3.05) is 0 Å². The lowest BCUT2D eigenvalue weighted by molar-refractivity contribution is 1.09. The van der Waals surface area contributed by atoms with Crippen LogP contribution in [0.4, 0.5) is 0 Å². The maximum Gasteiger partial charge on any atom is 0.180 e. The molecule has 0 atom stereocenters. The van der Waals surface area contributed by atoms with Crippen LogP contribution in [0.3, 0.4) is 0 Å². The number of hydrogen-bond acceptors (Lipinski definition) is 3. The summed E-state index contributed by atoms with van der Waals surface area (Å²) in [5.41, 5.74) is 1.60. The summed E-state index contributed by atoms with van der Waals surface area (Å²) >= 11 is 5.97. The molecule has 2 heterocycles. The summed E-state index contributed by atoms with van der Waals surface area (Å²) in [6.45, 7) is 1.89. The Balaban J connectivity index is 2.31. The number of halogens is 1. The third kappa shape index (κ3) is 1.93. The molecule has 0 spiro atoms. The Morgan fingerprint density at radius 2 is 1.89 bits per heavy atom. The van der Waals surface area contributed by atoms with Gasteiger partial charge in [0.05, 0.1) is 0 Å². The molecule has 0 unspecified atom stereocenters. The summed E-state index contributed by atoms with van der Waals surface area (Å²) < 4.78 is 0.